The van der Waals surface area contributed by atoms with Crippen molar-refractivity contribution in [1.29, 1.82) is 0 Å². The molecule has 0 bridgehead atoms. The van der Waals surface area contributed by atoms with E-state index in [9.17, 15) is 19.4 Å². The molecule has 2 atom stereocenters. The summed E-state index contributed by atoms with van der Waals surface area (Å²) in [4.78, 5) is 22.4. The number of rotatable bonds is 5. The summed E-state index contributed by atoms with van der Waals surface area (Å²) in [5, 5.41) is 31.5. The van der Waals surface area contributed by atoms with Gasteiger partial charge in [0.25, 0.3) is 0 Å². The van der Waals surface area contributed by atoms with Crippen molar-refractivity contribution in [3.8, 4) is 0 Å². The third-order valence-corrected chi connectivity index (χ3v) is 6.81. The highest BCUT2D eigenvalue weighted by Crippen LogP contribution is 2.40. The maximum absolute atomic E-state index is 15.7. The fourth-order valence-electron chi connectivity index (χ4n) is 3.69. The zero-order valence-electron chi connectivity index (χ0n) is 17.2. The molecule has 3 heterocycles. The highest BCUT2D eigenvalue weighted by Gasteiger charge is 2.40. The maximum atomic E-state index is 15.7. The predicted octanol–water partition coefficient (Wildman–Crippen LogP) is 3.36. The zero-order chi connectivity index (χ0) is 23.8. The molecule has 0 radical (unpaired) electrons. The van der Waals surface area contributed by atoms with Crippen LogP contribution in [0.3, 0.4) is 0 Å². The quantitative estimate of drug-likeness (QED) is 0.428. The van der Waals surface area contributed by atoms with Crippen molar-refractivity contribution < 1.29 is 28.9 Å². The van der Waals surface area contributed by atoms with Crippen LogP contribution >= 0.6 is 22.9 Å². The summed E-state index contributed by atoms with van der Waals surface area (Å²) in [6.45, 7) is -0.444. The summed E-state index contributed by atoms with van der Waals surface area (Å²) in [5.74, 6) is -0.390. The molecule has 3 aromatic rings. The van der Waals surface area contributed by atoms with Crippen LogP contribution in [0.5, 0.6) is 0 Å². The molecule has 8 nitrogen and oxygen atoms in total. The lowest BCUT2D eigenvalue weighted by Gasteiger charge is -2.36. The zero-order valence-corrected chi connectivity index (χ0v) is 18.8. The molecule has 33 heavy (non-hydrogen) atoms. The molecule has 0 aliphatic carbocycles. The Labute approximate surface area is 196 Å². The Kier molecular flexibility index (Phi) is 6.78. The molecule has 1 fully saturated rings. The van der Waals surface area contributed by atoms with Crippen molar-refractivity contribution in [3.05, 3.63) is 52.6 Å². The van der Waals surface area contributed by atoms with Crippen LogP contribution in [0, 0.1) is 5.82 Å². The number of benzene rings is 1. The first-order valence-corrected chi connectivity index (χ1v) is 11.3. The number of halogens is 3. The monoisotopic (exact) mass is 498 g/mol. The van der Waals surface area contributed by atoms with Crippen molar-refractivity contribution in [2.24, 2.45) is 0 Å². The van der Waals surface area contributed by atoms with Crippen LogP contribution < -0.4 is 5.32 Å². The lowest BCUT2D eigenvalue weighted by atomic mass is 9.89. The van der Waals surface area contributed by atoms with Crippen LogP contribution in [-0.2, 0) is 5.67 Å². The van der Waals surface area contributed by atoms with Crippen LogP contribution in [0.15, 0.2) is 30.5 Å². The van der Waals surface area contributed by atoms with E-state index in [1.807, 2.05) is 0 Å². The Morgan fingerprint density at radius 1 is 1.30 bits per heavy atom. The number of carbonyl (C=O) groups is 1. The van der Waals surface area contributed by atoms with Crippen LogP contribution in [-0.4, -0.2) is 62.0 Å². The van der Waals surface area contributed by atoms with Crippen molar-refractivity contribution in [2.45, 2.75) is 30.7 Å². The number of aliphatic hydroxyl groups excluding tert-OH is 3. The smallest absolute Gasteiger partial charge is 0.323 e. The van der Waals surface area contributed by atoms with Crippen LogP contribution in [0.4, 0.5) is 18.7 Å². The Balaban J connectivity index is 1.41. The van der Waals surface area contributed by atoms with Gasteiger partial charge in [-0.3, -0.25) is 10.3 Å². The van der Waals surface area contributed by atoms with Crippen molar-refractivity contribution in [2.75, 3.05) is 25.0 Å². The van der Waals surface area contributed by atoms with E-state index in [1.54, 1.807) is 0 Å². The Hall–Kier alpha value is -2.44. The van der Waals surface area contributed by atoms with E-state index in [0.29, 0.717) is 15.3 Å². The van der Waals surface area contributed by atoms with E-state index < -0.39 is 36.3 Å². The number of likely N-dealkylation sites (tertiary alicyclic amines) is 1. The van der Waals surface area contributed by atoms with E-state index in [4.69, 9.17) is 16.7 Å². The Morgan fingerprint density at radius 3 is 2.70 bits per heavy atom. The highest BCUT2D eigenvalue weighted by atomic mass is 35.5. The first kappa shape index (κ1) is 23.7. The molecule has 0 spiro atoms. The molecule has 2 unspecified atom stereocenters. The average Bonchev–Trinajstić information content (AvgIpc) is 3.19. The number of aromatic nitrogens is 2. The number of alkyl halides is 1. The third-order valence-electron chi connectivity index (χ3n) is 5.59. The fourth-order valence-corrected chi connectivity index (χ4v) is 4.91. The van der Waals surface area contributed by atoms with E-state index >= 15 is 4.39 Å². The first-order chi connectivity index (χ1) is 15.7. The molecule has 2 amide bonds. The minimum absolute atomic E-state index is 0.00753. The Bertz CT molecular complexity index is 1170. The van der Waals surface area contributed by atoms with Gasteiger partial charge < -0.3 is 20.2 Å². The lowest BCUT2D eigenvalue weighted by molar-refractivity contribution is -0.0155. The van der Waals surface area contributed by atoms with Crippen molar-refractivity contribution >= 4 is 44.3 Å². The van der Waals surface area contributed by atoms with Gasteiger partial charge in [0.1, 0.15) is 18.0 Å². The van der Waals surface area contributed by atoms with Gasteiger partial charge in [0.2, 0.25) is 0 Å². The molecule has 1 aromatic carbocycles. The van der Waals surface area contributed by atoms with Gasteiger partial charge in [-0.1, -0.05) is 22.9 Å². The largest absolute Gasteiger partial charge is 0.394 e. The number of nitrogens with zero attached hydrogens (tertiary/aromatic N) is 3. The average molecular weight is 499 g/mol. The second-order valence-corrected chi connectivity index (χ2v) is 9.25. The lowest BCUT2D eigenvalue weighted by Crippen LogP contribution is -2.45. The van der Waals surface area contributed by atoms with E-state index in [-0.39, 0.29) is 42.2 Å². The number of anilines is 1. The molecule has 0 saturated carbocycles. The second-order valence-electron chi connectivity index (χ2n) is 7.81. The number of fused-ring (bicyclic) bond motifs is 1. The molecule has 1 aliphatic rings. The van der Waals surface area contributed by atoms with E-state index in [2.05, 4.69) is 15.3 Å². The van der Waals surface area contributed by atoms with Gasteiger partial charge in [-0.25, -0.2) is 18.6 Å². The normalized spacial score (nSPS) is 17.7. The third kappa shape index (κ3) is 4.92. The Morgan fingerprint density at radius 2 is 2.03 bits per heavy atom. The van der Waals surface area contributed by atoms with Gasteiger partial charge in [0.05, 0.1) is 27.5 Å². The molecule has 176 valence electrons. The summed E-state index contributed by atoms with van der Waals surface area (Å²) in [7, 11) is 0. The number of pyridine rings is 1. The SMILES string of the molecule is O=C(Nc1nc2ccc(F)cc2s1)N1CCC(F)(c2ncc(C(O)C(O)CO)cc2Cl)CC1. The number of hydrogen-bond acceptors (Lipinski definition) is 7. The number of thiazole rings is 1. The molecular weight excluding hydrogens is 478 g/mol. The molecule has 1 saturated heterocycles. The van der Waals surface area contributed by atoms with Crippen molar-refractivity contribution in [3.63, 3.8) is 0 Å². The standard InChI is InChI=1S/C21H21ClF2N4O4S/c22-13-7-11(17(31)15(30)10-29)9-25-18(13)21(24)3-5-28(6-4-21)20(32)27-19-26-14-2-1-12(23)8-16(14)33-19/h1-2,7-9,15,17,29-31H,3-6,10H2,(H,26,27,32). The molecule has 2 aromatic heterocycles. The number of urea groups is 1. The number of nitrogens with one attached hydrogen (secondary N) is 1. The highest BCUT2D eigenvalue weighted by molar-refractivity contribution is 7.22. The summed E-state index contributed by atoms with van der Waals surface area (Å²) in [5.41, 5.74) is -1.16. The first-order valence-electron chi connectivity index (χ1n) is 10.1. The number of amides is 2. The molecule has 12 heteroatoms. The minimum atomic E-state index is -1.87. The molecule has 4 N–H and O–H groups in total. The van der Waals surface area contributed by atoms with Crippen LogP contribution in [0.1, 0.15) is 30.2 Å². The van der Waals surface area contributed by atoms with Gasteiger partial charge in [-0.2, -0.15) is 0 Å². The van der Waals surface area contributed by atoms with Gasteiger partial charge in [0.15, 0.2) is 10.8 Å². The number of carbonyl (C=O) groups excluding carboxylic acids is 1. The summed E-state index contributed by atoms with van der Waals surface area (Å²) >= 11 is 7.36. The molecule has 4 rings (SSSR count). The topological polar surface area (TPSA) is 119 Å². The summed E-state index contributed by atoms with van der Waals surface area (Å²) in [6, 6.07) is 5.03. The van der Waals surface area contributed by atoms with E-state index in [0.717, 1.165) is 11.3 Å². The van der Waals surface area contributed by atoms with Gasteiger partial charge in [0, 0.05) is 37.7 Å². The predicted molar refractivity (Wildman–Crippen MR) is 119 cm³/mol. The summed E-state index contributed by atoms with van der Waals surface area (Å²) in [6.07, 6.45) is -1.70. The number of aliphatic hydroxyl groups is 3. The minimum Gasteiger partial charge on any atom is -0.394 e. The van der Waals surface area contributed by atoms with Gasteiger partial charge in [-0.05, 0) is 24.3 Å². The molecular formula is C21H21ClF2N4O4S. The second kappa shape index (κ2) is 9.43. The summed E-state index contributed by atoms with van der Waals surface area (Å²) < 4.78 is 29.6. The van der Waals surface area contributed by atoms with Gasteiger partial charge in [-0.15, -0.1) is 0 Å². The number of hydrogen-bond donors (Lipinski definition) is 4. The van der Waals surface area contributed by atoms with E-state index in [1.165, 1.54) is 35.4 Å². The van der Waals surface area contributed by atoms with Crippen molar-refractivity contribution in [1.82, 2.24) is 14.9 Å². The van der Waals surface area contributed by atoms with Gasteiger partial charge >= 0.3 is 6.03 Å². The maximum Gasteiger partial charge on any atom is 0.323 e. The number of piperidine rings is 1. The van der Waals surface area contributed by atoms with Crippen LogP contribution in [0.2, 0.25) is 5.02 Å². The fraction of sp³-hybridized carbons (Fsp3) is 0.381. The van der Waals surface area contributed by atoms with Crippen LogP contribution in [0.25, 0.3) is 10.2 Å². The molecule has 1 aliphatic heterocycles.